The number of hydrogen-bond donors (Lipinski definition) is 0. The Morgan fingerprint density at radius 3 is 2.53 bits per heavy atom. The van der Waals surface area contributed by atoms with E-state index in [4.69, 9.17) is 18.9 Å². The molecule has 8 heteroatoms. The van der Waals surface area contributed by atoms with Crippen molar-refractivity contribution in [2.24, 2.45) is 10.5 Å². The standard InChI is InChI=1S/C30H28BrN3O4/c1-5-36-25-15-20(22(31)16-26(25)37-18-30(2,3)4)17-32-34-28(27-14-19-10-6-9-13-24(19)38-27)33-23-12-8-7-11-21(23)29(34)35/h6-17H,5,18H2,1-4H3. The molecule has 2 aromatic heterocycles. The average molecular weight is 574 g/mol. The van der Waals surface area contributed by atoms with E-state index in [9.17, 15) is 4.79 Å². The van der Waals surface area contributed by atoms with Gasteiger partial charge in [-0.1, -0.05) is 51.1 Å². The molecule has 0 unspecified atom stereocenters. The first-order chi connectivity index (χ1) is 18.2. The number of para-hydroxylation sites is 2. The monoisotopic (exact) mass is 573 g/mol. The lowest BCUT2D eigenvalue weighted by molar-refractivity contribution is 0.188. The number of fused-ring (bicyclic) bond motifs is 2. The van der Waals surface area contributed by atoms with E-state index in [1.807, 2.05) is 61.5 Å². The second-order valence-corrected chi connectivity index (χ2v) is 10.9. The molecule has 194 valence electrons. The van der Waals surface area contributed by atoms with E-state index in [1.54, 1.807) is 18.3 Å². The van der Waals surface area contributed by atoms with Gasteiger partial charge in [0.2, 0.25) is 5.82 Å². The van der Waals surface area contributed by atoms with Gasteiger partial charge in [-0.3, -0.25) is 4.79 Å². The summed E-state index contributed by atoms with van der Waals surface area (Å²) in [5, 5.41) is 5.95. The summed E-state index contributed by atoms with van der Waals surface area (Å²) in [4.78, 5) is 18.3. The Morgan fingerprint density at radius 2 is 1.76 bits per heavy atom. The van der Waals surface area contributed by atoms with Crippen LogP contribution in [0.4, 0.5) is 0 Å². The summed E-state index contributed by atoms with van der Waals surface area (Å²) in [6.07, 6.45) is 1.60. The minimum Gasteiger partial charge on any atom is -0.490 e. The fourth-order valence-electron chi connectivity index (χ4n) is 3.93. The summed E-state index contributed by atoms with van der Waals surface area (Å²) >= 11 is 3.62. The minimum atomic E-state index is -0.298. The van der Waals surface area contributed by atoms with Gasteiger partial charge in [0.25, 0.3) is 5.56 Å². The quantitative estimate of drug-likeness (QED) is 0.191. The third-order valence-corrected chi connectivity index (χ3v) is 6.42. The van der Waals surface area contributed by atoms with Crippen LogP contribution in [0.5, 0.6) is 11.5 Å². The summed E-state index contributed by atoms with van der Waals surface area (Å²) in [7, 11) is 0. The SMILES string of the molecule is CCOc1cc(C=Nn2c(-c3cc4ccccc4o3)nc3ccccc3c2=O)c(Br)cc1OCC(C)(C)C. The van der Waals surface area contributed by atoms with Gasteiger partial charge in [0.15, 0.2) is 17.3 Å². The lowest BCUT2D eigenvalue weighted by Crippen LogP contribution is -2.20. The van der Waals surface area contributed by atoms with Crippen molar-refractivity contribution in [2.75, 3.05) is 13.2 Å². The molecule has 0 aliphatic rings. The van der Waals surface area contributed by atoms with Gasteiger partial charge in [0, 0.05) is 15.4 Å². The molecule has 0 N–H and O–H groups in total. The van der Waals surface area contributed by atoms with E-state index in [2.05, 4.69) is 41.8 Å². The predicted molar refractivity (Wildman–Crippen MR) is 154 cm³/mol. The van der Waals surface area contributed by atoms with Crippen molar-refractivity contribution < 1.29 is 13.9 Å². The number of nitrogens with zero attached hydrogens (tertiary/aromatic N) is 3. The van der Waals surface area contributed by atoms with Gasteiger partial charge in [-0.15, -0.1) is 0 Å². The molecule has 2 heterocycles. The number of halogens is 1. The van der Waals surface area contributed by atoms with Crippen molar-refractivity contribution in [3.8, 4) is 23.1 Å². The molecule has 0 aliphatic carbocycles. The number of ether oxygens (including phenoxy) is 2. The summed E-state index contributed by atoms with van der Waals surface area (Å²) < 4.78 is 20.0. The zero-order valence-corrected chi connectivity index (χ0v) is 23.3. The molecule has 0 radical (unpaired) electrons. The lowest BCUT2D eigenvalue weighted by Gasteiger charge is -2.21. The van der Waals surface area contributed by atoms with Crippen LogP contribution < -0.4 is 15.0 Å². The Morgan fingerprint density at radius 1 is 1.03 bits per heavy atom. The van der Waals surface area contributed by atoms with E-state index in [0.717, 1.165) is 9.86 Å². The Balaban J connectivity index is 1.61. The fourth-order valence-corrected chi connectivity index (χ4v) is 4.35. The largest absolute Gasteiger partial charge is 0.490 e. The van der Waals surface area contributed by atoms with Crippen LogP contribution in [-0.2, 0) is 0 Å². The Kier molecular flexibility index (Phi) is 7.08. The highest BCUT2D eigenvalue weighted by atomic mass is 79.9. The third-order valence-electron chi connectivity index (χ3n) is 5.74. The molecule has 0 atom stereocenters. The Hall–Kier alpha value is -3.91. The summed E-state index contributed by atoms with van der Waals surface area (Å²) in [6.45, 7) is 9.26. The van der Waals surface area contributed by atoms with Crippen LogP contribution in [-0.4, -0.2) is 29.1 Å². The van der Waals surface area contributed by atoms with Gasteiger partial charge < -0.3 is 13.9 Å². The molecule has 3 aromatic carbocycles. The molecule has 38 heavy (non-hydrogen) atoms. The maximum absolute atomic E-state index is 13.6. The first-order valence-corrected chi connectivity index (χ1v) is 13.2. The molecule has 0 aliphatic heterocycles. The van der Waals surface area contributed by atoms with Crippen LogP contribution in [0, 0.1) is 5.41 Å². The maximum Gasteiger partial charge on any atom is 0.282 e. The lowest BCUT2D eigenvalue weighted by atomic mass is 9.99. The summed E-state index contributed by atoms with van der Waals surface area (Å²) in [6, 6.07) is 20.4. The Labute approximate surface area is 228 Å². The maximum atomic E-state index is 13.6. The van der Waals surface area contributed by atoms with E-state index >= 15 is 0 Å². The van der Waals surface area contributed by atoms with E-state index in [0.29, 0.717) is 58.3 Å². The molecule has 0 bridgehead atoms. The van der Waals surface area contributed by atoms with Gasteiger partial charge in [0.1, 0.15) is 5.58 Å². The van der Waals surface area contributed by atoms with E-state index in [1.165, 1.54) is 4.68 Å². The molecular formula is C30H28BrN3O4. The zero-order chi connectivity index (χ0) is 26.9. The minimum absolute atomic E-state index is 0.00655. The highest BCUT2D eigenvalue weighted by molar-refractivity contribution is 9.10. The van der Waals surface area contributed by atoms with Crippen molar-refractivity contribution in [2.45, 2.75) is 27.7 Å². The highest BCUT2D eigenvalue weighted by Crippen LogP contribution is 2.34. The van der Waals surface area contributed by atoms with E-state index in [-0.39, 0.29) is 11.0 Å². The van der Waals surface area contributed by atoms with E-state index < -0.39 is 0 Å². The van der Waals surface area contributed by atoms with Crippen LogP contribution in [0.25, 0.3) is 33.5 Å². The molecule has 0 spiro atoms. The summed E-state index contributed by atoms with van der Waals surface area (Å²) in [5.41, 5.74) is 1.68. The van der Waals surface area contributed by atoms with Gasteiger partial charge in [-0.05, 0) is 64.7 Å². The Bertz CT molecular complexity index is 1680. The van der Waals surface area contributed by atoms with Gasteiger partial charge in [0.05, 0.1) is 30.3 Å². The number of benzene rings is 3. The third kappa shape index (κ3) is 5.36. The van der Waals surface area contributed by atoms with Crippen LogP contribution in [0.1, 0.15) is 33.3 Å². The van der Waals surface area contributed by atoms with Crippen LogP contribution >= 0.6 is 15.9 Å². The number of furan rings is 1. The van der Waals surface area contributed by atoms with Crippen molar-refractivity contribution >= 4 is 44.0 Å². The first-order valence-electron chi connectivity index (χ1n) is 12.4. The van der Waals surface area contributed by atoms with Gasteiger partial charge in [-0.25, -0.2) is 4.98 Å². The predicted octanol–water partition coefficient (Wildman–Crippen LogP) is 7.28. The molecule has 0 saturated carbocycles. The van der Waals surface area contributed by atoms with Crippen LogP contribution in [0.15, 0.2) is 85.5 Å². The fraction of sp³-hybridized carbons (Fsp3) is 0.233. The van der Waals surface area contributed by atoms with Crippen molar-refractivity contribution in [3.63, 3.8) is 0 Å². The van der Waals surface area contributed by atoms with Gasteiger partial charge >= 0.3 is 0 Å². The number of rotatable bonds is 7. The smallest absolute Gasteiger partial charge is 0.282 e. The second kappa shape index (κ2) is 10.5. The normalized spacial score (nSPS) is 12.0. The highest BCUT2D eigenvalue weighted by Gasteiger charge is 2.18. The molecule has 0 saturated heterocycles. The summed E-state index contributed by atoms with van der Waals surface area (Å²) in [5.74, 6) is 2.00. The molecule has 7 nitrogen and oxygen atoms in total. The molecule has 5 rings (SSSR count). The van der Waals surface area contributed by atoms with Crippen LogP contribution in [0.2, 0.25) is 0 Å². The van der Waals surface area contributed by atoms with Gasteiger partial charge in [-0.2, -0.15) is 9.78 Å². The van der Waals surface area contributed by atoms with Crippen molar-refractivity contribution in [1.82, 2.24) is 9.66 Å². The molecular weight excluding hydrogens is 546 g/mol. The molecule has 5 aromatic rings. The number of hydrogen-bond acceptors (Lipinski definition) is 6. The first kappa shape index (κ1) is 25.7. The van der Waals surface area contributed by atoms with Crippen LogP contribution in [0.3, 0.4) is 0 Å². The second-order valence-electron chi connectivity index (χ2n) is 10.1. The zero-order valence-electron chi connectivity index (χ0n) is 21.7. The molecule has 0 amide bonds. The molecule has 0 fully saturated rings. The average Bonchev–Trinajstić information content (AvgIpc) is 3.32. The van der Waals surface area contributed by atoms with Crippen molar-refractivity contribution in [3.05, 3.63) is 87.1 Å². The van der Waals surface area contributed by atoms with Crippen molar-refractivity contribution in [1.29, 1.82) is 0 Å². The topological polar surface area (TPSA) is 78.9 Å². The number of aromatic nitrogens is 2.